The Labute approximate surface area is 124 Å². The summed E-state index contributed by atoms with van der Waals surface area (Å²) in [6, 6.07) is 10.0. The van der Waals surface area contributed by atoms with Crippen molar-refractivity contribution in [1.82, 2.24) is 4.98 Å². The molecule has 3 rings (SSSR count). The molecule has 0 amide bonds. The zero-order chi connectivity index (χ0) is 15.0. The minimum atomic E-state index is -0.941. The Hall–Kier alpha value is -2.24. The number of aromatic nitrogens is 1. The number of oxazole rings is 1. The highest BCUT2D eigenvalue weighted by molar-refractivity contribution is 6.30. The van der Waals surface area contributed by atoms with Gasteiger partial charge in [0.15, 0.2) is 5.58 Å². The van der Waals surface area contributed by atoms with Gasteiger partial charge in [-0.1, -0.05) is 17.7 Å². The summed E-state index contributed by atoms with van der Waals surface area (Å²) in [5, 5.41) is 11.0. The fraction of sp³-hybridized carbons (Fsp3) is 0.133. The highest BCUT2D eigenvalue weighted by Crippen LogP contribution is 2.33. The van der Waals surface area contributed by atoms with Crippen molar-refractivity contribution < 1.29 is 14.3 Å². The number of aliphatic hydroxyl groups is 1. The lowest BCUT2D eigenvalue weighted by molar-refractivity contribution is 0.215. The van der Waals surface area contributed by atoms with Crippen LogP contribution in [-0.4, -0.2) is 17.2 Å². The third-order valence-corrected chi connectivity index (χ3v) is 3.48. The molecule has 1 unspecified atom stereocenters. The third kappa shape index (κ3) is 2.53. The summed E-state index contributed by atoms with van der Waals surface area (Å²) in [5.41, 5.74) is 2.08. The van der Waals surface area contributed by atoms with Gasteiger partial charge in [0.25, 0.3) is 0 Å². The Balaban J connectivity index is 2.09. The summed E-state index contributed by atoms with van der Waals surface area (Å²) >= 11 is 5.97. The molecule has 6 heteroatoms. The molecule has 1 atom stereocenters. The van der Waals surface area contributed by atoms with Gasteiger partial charge < -0.3 is 14.3 Å². The topological polar surface area (TPSA) is 75.5 Å². The standard InChI is InChI=1S/C15H12ClNO4/c1-20-12-5-3-9(16)7-10(12)14(18)8-2-4-11-13(6-8)21-15(19)17-11/h2-7,14,18H,1H3,(H,17,19). The molecule has 1 heterocycles. The molecular weight excluding hydrogens is 294 g/mol. The lowest BCUT2D eigenvalue weighted by Gasteiger charge is -2.15. The van der Waals surface area contributed by atoms with Crippen molar-refractivity contribution in [2.75, 3.05) is 7.11 Å². The highest BCUT2D eigenvalue weighted by atomic mass is 35.5. The Morgan fingerprint density at radius 2 is 2.10 bits per heavy atom. The van der Waals surface area contributed by atoms with E-state index in [1.807, 2.05) is 0 Å². The van der Waals surface area contributed by atoms with Crippen molar-refractivity contribution >= 4 is 22.7 Å². The van der Waals surface area contributed by atoms with Gasteiger partial charge in [0, 0.05) is 10.6 Å². The predicted molar refractivity (Wildman–Crippen MR) is 78.9 cm³/mol. The third-order valence-electron chi connectivity index (χ3n) is 3.25. The second-order valence-corrected chi connectivity index (χ2v) is 5.00. The van der Waals surface area contributed by atoms with Gasteiger partial charge in [-0.05, 0) is 35.9 Å². The Kier molecular flexibility index (Phi) is 3.45. The first-order chi connectivity index (χ1) is 10.1. The number of ether oxygens (including phenoxy) is 1. The predicted octanol–water partition coefficient (Wildman–Crippen LogP) is 2.86. The number of aromatic amines is 1. The van der Waals surface area contributed by atoms with Crippen LogP contribution in [0.4, 0.5) is 0 Å². The van der Waals surface area contributed by atoms with E-state index in [1.54, 1.807) is 36.4 Å². The first-order valence-electron chi connectivity index (χ1n) is 6.23. The fourth-order valence-corrected chi connectivity index (χ4v) is 2.41. The average Bonchev–Trinajstić information content (AvgIpc) is 2.85. The Bertz CT molecular complexity index is 852. The van der Waals surface area contributed by atoms with Crippen molar-refractivity contribution in [3.05, 3.63) is 63.1 Å². The maximum Gasteiger partial charge on any atom is 0.417 e. The van der Waals surface area contributed by atoms with E-state index < -0.39 is 11.9 Å². The van der Waals surface area contributed by atoms with Crippen LogP contribution >= 0.6 is 11.6 Å². The average molecular weight is 306 g/mol. The van der Waals surface area contributed by atoms with Gasteiger partial charge in [0.2, 0.25) is 0 Å². The molecule has 108 valence electrons. The quantitative estimate of drug-likeness (QED) is 0.780. The van der Waals surface area contributed by atoms with Gasteiger partial charge >= 0.3 is 5.76 Å². The lowest BCUT2D eigenvalue weighted by Crippen LogP contribution is -2.02. The molecule has 0 spiro atoms. The summed E-state index contributed by atoms with van der Waals surface area (Å²) in [4.78, 5) is 13.7. The van der Waals surface area contributed by atoms with E-state index in [-0.39, 0.29) is 0 Å². The number of halogens is 1. The molecule has 2 aromatic carbocycles. The fourth-order valence-electron chi connectivity index (χ4n) is 2.23. The van der Waals surface area contributed by atoms with Gasteiger partial charge in [-0.2, -0.15) is 0 Å². The first-order valence-corrected chi connectivity index (χ1v) is 6.60. The zero-order valence-corrected chi connectivity index (χ0v) is 11.8. The minimum absolute atomic E-state index is 0.387. The van der Waals surface area contributed by atoms with Crippen LogP contribution < -0.4 is 10.5 Å². The van der Waals surface area contributed by atoms with E-state index >= 15 is 0 Å². The monoisotopic (exact) mass is 305 g/mol. The van der Waals surface area contributed by atoms with Crippen LogP contribution in [0.15, 0.2) is 45.6 Å². The van der Waals surface area contributed by atoms with Crippen molar-refractivity contribution in [1.29, 1.82) is 0 Å². The summed E-state index contributed by atoms with van der Waals surface area (Å²) in [5.74, 6) is -0.000468. The van der Waals surface area contributed by atoms with Crippen molar-refractivity contribution in [2.45, 2.75) is 6.10 Å². The number of hydrogen-bond acceptors (Lipinski definition) is 4. The molecular formula is C15H12ClNO4. The summed E-state index contributed by atoms with van der Waals surface area (Å²) < 4.78 is 10.2. The summed E-state index contributed by atoms with van der Waals surface area (Å²) in [7, 11) is 1.52. The molecule has 3 aromatic rings. The number of rotatable bonds is 3. The minimum Gasteiger partial charge on any atom is -0.496 e. The number of aliphatic hydroxyl groups excluding tert-OH is 1. The molecule has 0 saturated heterocycles. The van der Waals surface area contributed by atoms with Gasteiger partial charge in [-0.3, -0.25) is 4.98 Å². The maximum absolute atomic E-state index is 11.2. The van der Waals surface area contributed by atoms with Crippen LogP contribution in [0, 0.1) is 0 Å². The van der Waals surface area contributed by atoms with E-state index in [4.69, 9.17) is 20.8 Å². The summed E-state index contributed by atoms with van der Waals surface area (Å²) in [6.45, 7) is 0. The van der Waals surface area contributed by atoms with E-state index in [2.05, 4.69) is 4.98 Å². The van der Waals surface area contributed by atoms with Crippen molar-refractivity contribution in [3.8, 4) is 5.75 Å². The van der Waals surface area contributed by atoms with Crippen LogP contribution in [0.5, 0.6) is 5.75 Å². The molecule has 0 saturated carbocycles. The van der Waals surface area contributed by atoms with Crippen molar-refractivity contribution in [2.24, 2.45) is 0 Å². The number of fused-ring (bicyclic) bond motifs is 1. The van der Waals surface area contributed by atoms with Gasteiger partial charge in [0.05, 0.1) is 12.6 Å². The maximum atomic E-state index is 11.2. The molecule has 5 nitrogen and oxygen atoms in total. The molecule has 21 heavy (non-hydrogen) atoms. The summed E-state index contributed by atoms with van der Waals surface area (Å²) in [6.07, 6.45) is -0.941. The number of methoxy groups -OCH3 is 1. The number of nitrogens with one attached hydrogen (secondary N) is 1. The van der Waals surface area contributed by atoms with Crippen LogP contribution in [0.1, 0.15) is 17.2 Å². The second kappa shape index (κ2) is 5.27. The zero-order valence-electron chi connectivity index (χ0n) is 11.1. The molecule has 0 aliphatic heterocycles. The molecule has 0 bridgehead atoms. The molecule has 0 aliphatic carbocycles. The molecule has 2 N–H and O–H groups in total. The molecule has 0 radical (unpaired) electrons. The normalized spacial score (nSPS) is 12.5. The van der Waals surface area contributed by atoms with Gasteiger partial charge in [-0.25, -0.2) is 4.79 Å². The Morgan fingerprint density at radius 1 is 1.29 bits per heavy atom. The number of hydrogen-bond donors (Lipinski definition) is 2. The van der Waals surface area contributed by atoms with E-state index in [0.29, 0.717) is 33.0 Å². The molecule has 1 aromatic heterocycles. The highest BCUT2D eigenvalue weighted by Gasteiger charge is 2.17. The first kappa shape index (κ1) is 13.7. The molecule has 0 fully saturated rings. The Morgan fingerprint density at radius 3 is 2.86 bits per heavy atom. The second-order valence-electron chi connectivity index (χ2n) is 4.56. The number of benzene rings is 2. The van der Waals surface area contributed by atoms with E-state index in [9.17, 15) is 9.90 Å². The van der Waals surface area contributed by atoms with Gasteiger partial charge in [-0.15, -0.1) is 0 Å². The van der Waals surface area contributed by atoms with Crippen molar-refractivity contribution in [3.63, 3.8) is 0 Å². The van der Waals surface area contributed by atoms with Crippen LogP contribution in [0.3, 0.4) is 0 Å². The molecule has 0 aliphatic rings. The van der Waals surface area contributed by atoms with E-state index in [1.165, 1.54) is 7.11 Å². The number of H-pyrrole nitrogens is 1. The lowest BCUT2D eigenvalue weighted by atomic mass is 10.0. The SMILES string of the molecule is COc1ccc(Cl)cc1C(O)c1ccc2[nH]c(=O)oc2c1. The van der Waals surface area contributed by atoms with E-state index in [0.717, 1.165) is 0 Å². The largest absolute Gasteiger partial charge is 0.496 e. The van der Waals surface area contributed by atoms with Crippen LogP contribution in [0.2, 0.25) is 5.02 Å². The van der Waals surface area contributed by atoms with Crippen LogP contribution in [0.25, 0.3) is 11.1 Å². The smallest absolute Gasteiger partial charge is 0.417 e. The van der Waals surface area contributed by atoms with Gasteiger partial charge in [0.1, 0.15) is 11.9 Å². The van der Waals surface area contributed by atoms with Crippen LogP contribution in [-0.2, 0) is 0 Å².